The summed E-state index contributed by atoms with van der Waals surface area (Å²) in [5.74, 6) is 0. The largest absolute Gasteiger partial charge is 0.495 e. The van der Waals surface area contributed by atoms with E-state index in [1.807, 2.05) is 27.7 Å². The Morgan fingerprint density at radius 3 is 1.88 bits per heavy atom. The molecule has 1 fully saturated rings. The van der Waals surface area contributed by atoms with Gasteiger partial charge in [0.05, 0.1) is 11.2 Å². The van der Waals surface area contributed by atoms with E-state index in [0.29, 0.717) is 11.0 Å². The van der Waals surface area contributed by atoms with Crippen LogP contribution in [0.5, 0.6) is 0 Å². The Morgan fingerprint density at radius 1 is 1.00 bits per heavy atom. The van der Waals surface area contributed by atoms with E-state index in [0.717, 1.165) is 12.1 Å². The van der Waals surface area contributed by atoms with E-state index in [-0.39, 0.29) is 0 Å². The summed E-state index contributed by atoms with van der Waals surface area (Å²) in [5.41, 5.74) is -4.47. The number of hydrogen-bond donors (Lipinski definition) is 1. The Labute approximate surface area is 139 Å². The number of halogens is 4. The predicted octanol–water partition coefficient (Wildman–Crippen LogP) is 3.01. The molecule has 1 aromatic carbocycles. The van der Waals surface area contributed by atoms with Crippen LogP contribution in [0.1, 0.15) is 38.8 Å². The zero-order valence-corrected chi connectivity index (χ0v) is 14.2. The molecule has 1 saturated heterocycles. The van der Waals surface area contributed by atoms with Crippen LogP contribution in [0, 0.1) is 6.92 Å². The lowest BCUT2D eigenvalue weighted by atomic mass is 9.74. The molecule has 0 radical (unpaired) electrons. The standard InChI is InChI=1S/C16H21BF4O3/c1-9-6-7-10(16(22,12(18)19)13(20)21)8-11(9)17-23-14(2,3)15(4,5)24-17/h6-8,12-13,22H,1-5H3. The van der Waals surface area contributed by atoms with Gasteiger partial charge in [-0.1, -0.05) is 23.8 Å². The monoisotopic (exact) mass is 348 g/mol. The molecule has 8 heteroatoms. The molecule has 0 unspecified atom stereocenters. The first-order valence-corrected chi connectivity index (χ1v) is 7.58. The zero-order valence-electron chi connectivity index (χ0n) is 14.2. The van der Waals surface area contributed by atoms with Gasteiger partial charge in [0.1, 0.15) is 0 Å². The van der Waals surface area contributed by atoms with Gasteiger partial charge in [0.15, 0.2) is 0 Å². The third-order valence-electron chi connectivity index (χ3n) is 4.91. The highest BCUT2D eigenvalue weighted by molar-refractivity contribution is 6.62. The van der Waals surface area contributed by atoms with Crippen LogP contribution in [-0.4, -0.2) is 36.3 Å². The normalized spacial score (nSPS) is 20.2. The van der Waals surface area contributed by atoms with Gasteiger partial charge in [0, 0.05) is 0 Å². The molecule has 1 heterocycles. The molecule has 0 aromatic heterocycles. The van der Waals surface area contributed by atoms with Gasteiger partial charge >= 0.3 is 7.12 Å². The van der Waals surface area contributed by atoms with Gasteiger partial charge in [0.2, 0.25) is 5.60 Å². The molecule has 0 saturated carbocycles. The molecule has 1 aliphatic rings. The van der Waals surface area contributed by atoms with Crippen molar-refractivity contribution < 1.29 is 32.0 Å². The van der Waals surface area contributed by atoms with E-state index in [4.69, 9.17) is 9.31 Å². The minimum atomic E-state index is -3.63. The van der Waals surface area contributed by atoms with Crippen LogP contribution < -0.4 is 5.46 Å². The maximum Gasteiger partial charge on any atom is 0.495 e. The van der Waals surface area contributed by atoms with Gasteiger partial charge in [-0.2, -0.15) is 0 Å². The fourth-order valence-corrected chi connectivity index (χ4v) is 2.46. The van der Waals surface area contributed by atoms with E-state index in [1.54, 1.807) is 6.92 Å². The quantitative estimate of drug-likeness (QED) is 0.672. The molecule has 0 atom stereocenters. The average Bonchev–Trinajstić information content (AvgIpc) is 2.66. The SMILES string of the molecule is Cc1ccc(C(O)(C(F)F)C(F)F)cc1B1OC(C)(C)C(C)(C)O1. The van der Waals surface area contributed by atoms with Crippen LogP contribution in [0.4, 0.5) is 17.6 Å². The van der Waals surface area contributed by atoms with Gasteiger partial charge in [-0.05, 0) is 45.6 Å². The summed E-state index contributed by atoms with van der Waals surface area (Å²) in [5, 5.41) is 9.82. The highest BCUT2D eigenvalue weighted by Gasteiger charge is 2.53. The smallest absolute Gasteiger partial charge is 0.399 e. The summed E-state index contributed by atoms with van der Waals surface area (Å²) in [7, 11) is -0.894. The summed E-state index contributed by atoms with van der Waals surface area (Å²) in [6, 6.07) is 3.57. The molecule has 1 aliphatic heterocycles. The minimum absolute atomic E-state index is 0.339. The molecular formula is C16H21BF4O3. The molecule has 1 aromatic rings. The third-order valence-corrected chi connectivity index (χ3v) is 4.91. The second kappa shape index (κ2) is 6.00. The van der Waals surface area contributed by atoms with Gasteiger partial charge in [-0.25, -0.2) is 17.6 Å². The summed E-state index contributed by atoms with van der Waals surface area (Å²) in [4.78, 5) is 0. The molecule has 1 N–H and O–H groups in total. The Bertz CT molecular complexity index is 595. The van der Waals surface area contributed by atoms with Crippen LogP contribution in [0.3, 0.4) is 0 Å². The van der Waals surface area contributed by atoms with Gasteiger partial charge in [-0.15, -0.1) is 0 Å². The van der Waals surface area contributed by atoms with Crippen molar-refractivity contribution >= 4 is 12.6 Å². The minimum Gasteiger partial charge on any atom is -0.399 e. The first-order valence-electron chi connectivity index (χ1n) is 7.58. The number of aryl methyl sites for hydroxylation is 1. The molecule has 0 bridgehead atoms. The number of alkyl halides is 4. The van der Waals surface area contributed by atoms with Crippen molar-refractivity contribution in [1.82, 2.24) is 0 Å². The lowest BCUT2D eigenvalue weighted by molar-refractivity contribution is -0.183. The van der Waals surface area contributed by atoms with Crippen molar-refractivity contribution in [1.29, 1.82) is 0 Å². The highest BCUT2D eigenvalue weighted by Crippen LogP contribution is 2.38. The summed E-state index contributed by atoms with van der Waals surface area (Å²) in [6.07, 6.45) is -7.27. The first-order chi connectivity index (χ1) is 10.8. The van der Waals surface area contributed by atoms with Gasteiger partial charge in [-0.3, -0.25) is 0 Å². The van der Waals surface area contributed by atoms with Crippen molar-refractivity contribution in [2.24, 2.45) is 0 Å². The Morgan fingerprint density at radius 2 is 1.46 bits per heavy atom. The first kappa shape index (κ1) is 19.2. The highest BCUT2D eigenvalue weighted by atomic mass is 19.3. The Balaban J connectivity index is 2.48. The average molecular weight is 348 g/mol. The van der Waals surface area contributed by atoms with E-state index in [9.17, 15) is 22.7 Å². The van der Waals surface area contributed by atoms with E-state index in [2.05, 4.69) is 0 Å². The molecule has 0 spiro atoms. The molecule has 0 aliphatic carbocycles. The second-order valence-corrected chi connectivity index (χ2v) is 7.09. The second-order valence-electron chi connectivity index (χ2n) is 7.09. The van der Waals surface area contributed by atoms with Crippen molar-refractivity contribution in [3.63, 3.8) is 0 Å². The summed E-state index contributed by atoms with van der Waals surface area (Å²) in [6.45, 7) is 8.97. The van der Waals surface area contributed by atoms with Crippen LogP contribution in [-0.2, 0) is 14.9 Å². The van der Waals surface area contributed by atoms with E-state index in [1.165, 1.54) is 6.07 Å². The van der Waals surface area contributed by atoms with Gasteiger partial charge < -0.3 is 14.4 Å². The van der Waals surface area contributed by atoms with Crippen LogP contribution in [0.15, 0.2) is 18.2 Å². The lowest BCUT2D eigenvalue weighted by Crippen LogP contribution is -2.44. The number of aliphatic hydroxyl groups is 1. The van der Waals surface area contributed by atoms with Crippen LogP contribution in [0.25, 0.3) is 0 Å². The Kier molecular flexibility index (Phi) is 4.80. The van der Waals surface area contributed by atoms with Crippen LogP contribution in [0.2, 0.25) is 0 Å². The number of benzene rings is 1. The molecule has 2 rings (SSSR count). The topological polar surface area (TPSA) is 38.7 Å². The lowest BCUT2D eigenvalue weighted by Gasteiger charge is -2.32. The number of hydrogen-bond acceptors (Lipinski definition) is 3. The molecular weight excluding hydrogens is 327 g/mol. The fraction of sp³-hybridized carbons (Fsp3) is 0.625. The summed E-state index contributed by atoms with van der Waals surface area (Å²) >= 11 is 0. The molecule has 3 nitrogen and oxygen atoms in total. The molecule has 0 amide bonds. The van der Waals surface area contributed by atoms with Crippen LogP contribution >= 0.6 is 0 Å². The van der Waals surface area contributed by atoms with Gasteiger partial charge in [0.25, 0.3) is 12.9 Å². The molecule has 134 valence electrons. The number of rotatable bonds is 4. The van der Waals surface area contributed by atoms with Crippen molar-refractivity contribution in [3.05, 3.63) is 29.3 Å². The zero-order chi connectivity index (χ0) is 18.5. The van der Waals surface area contributed by atoms with Crippen molar-refractivity contribution in [3.8, 4) is 0 Å². The summed E-state index contributed by atoms with van der Waals surface area (Å²) < 4.78 is 64.0. The van der Waals surface area contributed by atoms with E-state index >= 15 is 0 Å². The third kappa shape index (κ3) is 2.95. The van der Waals surface area contributed by atoms with E-state index < -0.39 is 42.3 Å². The maximum absolute atomic E-state index is 13.1. The fourth-order valence-electron chi connectivity index (χ4n) is 2.46. The maximum atomic E-state index is 13.1. The van der Waals surface area contributed by atoms with Crippen molar-refractivity contribution in [2.45, 2.75) is 64.3 Å². The predicted molar refractivity (Wildman–Crippen MR) is 82.8 cm³/mol. The molecule has 24 heavy (non-hydrogen) atoms. The van der Waals surface area contributed by atoms with Crippen molar-refractivity contribution in [2.75, 3.05) is 0 Å². The Hall–Kier alpha value is -1.12.